The average Bonchev–Trinajstić information content (AvgIpc) is 2.38. The molecule has 2 nitrogen and oxygen atoms in total. The molecule has 1 aliphatic rings. The quantitative estimate of drug-likeness (QED) is 0.843. The molecular formula is C12H17BrN2. The molecule has 0 atom stereocenters. The third-order valence-corrected chi connectivity index (χ3v) is 3.31. The second-order valence-electron chi connectivity index (χ2n) is 4.24. The Kier molecular flexibility index (Phi) is 3.32. The lowest BCUT2D eigenvalue weighted by molar-refractivity contribution is 0.647. The number of benzene rings is 1. The summed E-state index contributed by atoms with van der Waals surface area (Å²) >= 11 is 3.53. The molecule has 1 aromatic carbocycles. The van der Waals surface area contributed by atoms with Gasteiger partial charge in [0.25, 0.3) is 0 Å². The molecule has 1 aromatic rings. The number of hydrogen-bond acceptors (Lipinski definition) is 2. The molecule has 0 amide bonds. The van der Waals surface area contributed by atoms with Crippen molar-refractivity contribution in [1.82, 2.24) is 5.32 Å². The molecule has 1 aliphatic heterocycles. The van der Waals surface area contributed by atoms with Gasteiger partial charge in [-0.1, -0.05) is 15.9 Å². The molecule has 0 aliphatic carbocycles. The molecule has 2 rings (SSSR count). The van der Waals surface area contributed by atoms with E-state index in [4.69, 9.17) is 0 Å². The SMILES string of the molecule is CC(C)N1CCNCc2cc(Br)ccc21. The Morgan fingerprint density at radius 2 is 2.20 bits per heavy atom. The van der Waals surface area contributed by atoms with Crippen molar-refractivity contribution in [3.8, 4) is 0 Å². The molecule has 1 N–H and O–H groups in total. The van der Waals surface area contributed by atoms with Gasteiger partial charge in [0.1, 0.15) is 0 Å². The molecule has 0 radical (unpaired) electrons. The van der Waals surface area contributed by atoms with Crippen LogP contribution < -0.4 is 10.2 Å². The summed E-state index contributed by atoms with van der Waals surface area (Å²) < 4.78 is 1.16. The lowest BCUT2D eigenvalue weighted by Gasteiger charge is -2.28. The van der Waals surface area contributed by atoms with Crippen molar-refractivity contribution in [2.24, 2.45) is 0 Å². The van der Waals surface area contributed by atoms with Gasteiger partial charge in [-0.3, -0.25) is 0 Å². The van der Waals surface area contributed by atoms with Gasteiger partial charge in [0.2, 0.25) is 0 Å². The largest absolute Gasteiger partial charge is 0.368 e. The minimum Gasteiger partial charge on any atom is -0.368 e. The van der Waals surface area contributed by atoms with E-state index in [0.29, 0.717) is 6.04 Å². The first-order valence-electron chi connectivity index (χ1n) is 5.44. The third kappa shape index (κ3) is 2.34. The lowest BCUT2D eigenvalue weighted by atomic mass is 10.1. The molecule has 0 spiro atoms. The molecule has 0 fully saturated rings. The van der Waals surface area contributed by atoms with Crippen molar-refractivity contribution < 1.29 is 0 Å². The fraction of sp³-hybridized carbons (Fsp3) is 0.500. The molecule has 0 saturated carbocycles. The van der Waals surface area contributed by atoms with Crippen LogP contribution in [0.25, 0.3) is 0 Å². The van der Waals surface area contributed by atoms with Crippen LogP contribution in [0.1, 0.15) is 19.4 Å². The van der Waals surface area contributed by atoms with E-state index in [1.54, 1.807) is 0 Å². The van der Waals surface area contributed by atoms with Crippen molar-refractivity contribution in [1.29, 1.82) is 0 Å². The first kappa shape index (κ1) is 11.0. The Labute approximate surface area is 99.8 Å². The Bertz CT molecular complexity index is 349. The van der Waals surface area contributed by atoms with Crippen LogP contribution in [-0.4, -0.2) is 19.1 Å². The van der Waals surface area contributed by atoms with Crippen molar-refractivity contribution in [3.05, 3.63) is 28.2 Å². The first-order chi connectivity index (χ1) is 7.18. The van der Waals surface area contributed by atoms with Crippen LogP contribution >= 0.6 is 15.9 Å². The first-order valence-corrected chi connectivity index (χ1v) is 6.23. The second kappa shape index (κ2) is 4.54. The molecule has 0 bridgehead atoms. The van der Waals surface area contributed by atoms with Crippen LogP contribution in [0.4, 0.5) is 5.69 Å². The predicted molar refractivity (Wildman–Crippen MR) is 68.3 cm³/mol. The molecule has 1 heterocycles. The predicted octanol–water partition coefficient (Wildman–Crippen LogP) is 2.77. The van der Waals surface area contributed by atoms with E-state index in [-0.39, 0.29) is 0 Å². The summed E-state index contributed by atoms with van der Waals surface area (Å²) in [6, 6.07) is 7.11. The van der Waals surface area contributed by atoms with Gasteiger partial charge < -0.3 is 10.2 Å². The van der Waals surface area contributed by atoms with E-state index in [1.165, 1.54) is 11.3 Å². The summed E-state index contributed by atoms with van der Waals surface area (Å²) in [6.07, 6.45) is 0. The standard InChI is InChI=1S/C12H17BrN2/c1-9(2)15-6-5-14-8-10-7-11(13)3-4-12(10)15/h3-4,7,9,14H,5-6,8H2,1-2H3. The molecule has 0 aromatic heterocycles. The van der Waals surface area contributed by atoms with Crippen molar-refractivity contribution in [3.63, 3.8) is 0 Å². The van der Waals surface area contributed by atoms with E-state index >= 15 is 0 Å². The third-order valence-electron chi connectivity index (χ3n) is 2.82. The van der Waals surface area contributed by atoms with E-state index < -0.39 is 0 Å². The Morgan fingerprint density at radius 3 is 2.93 bits per heavy atom. The number of nitrogens with zero attached hydrogens (tertiary/aromatic N) is 1. The maximum absolute atomic E-state index is 3.53. The number of hydrogen-bond donors (Lipinski definition) is 1. The molecule has 0 unspecified atom stereocenters. The van der Waals surface area contributed by atoms with Gasteiger partial charge in [0.05, 0.1) is 0 Å². The van der Waals surface area contributed by atoms with Gasteiger partial charge in [-0.25, -0.2) is 0 Å². The number of fused-ring (bicyclic) bond motifs is 1. The summed E-state index contributed by atoms with van der Waals surface area (Å²) in [6.45, 7) is 7.61. The van der Waals surface area contributed by atoms with Crippen molar-refractivity contribution in [2.75, 3.05) is 18.0 Å². The minimum absolute atomic E-state index is 0.560. The minimum atomic E-state index is 0.560. The average molecular weight is 269 g/mol. The highest BCUT2D eigenvalue weighted by molar-refractivity contribution is 9.10. The zero-order valence-electron chi connectivity index (χ0n) is 9.26. The molecule has 82 valence electrons. The normalized spacial score (nSPS) is 16.4. The monoisotopic (exact) mass is 268 g/mol. The fourth-order valence-corrected chi connectivity index (χ4v) is 2.46. The highest BCUT2D eigenvalue weighted by Crippen LogP contribution is 2.27. The topological polar surface area (TPSA) is 15.3 Å². The Hall–Kier alpha value is -0.540. The van der Waals surface area contributed by atoms with Crippen molar-refractivity contribution in [2.45, 2.75) is 26.4 Å². The smallest absolute Gasteiger partial charge is 0.0415 e. The Balaban J connectivity index is 2.40. The highest BCUT2D eigenvalue weighted by atomic mass is 79.9. The number of rotatable bonds is 1. The maximum Gasteiger partial charge on any atom is 0.0415 e. The van der Waals surface area contributed by atoms with Crippen molar-refractivity contribution >= 4 is 21.6 Å². The number of anilines is 1. The summed E-state index contributed by atoms with van der Waals surface area (Å²) in [5.74, 6) is 0. The highest BCUT2D eigenvalue weighted by Gasteiger charge is 2.16. The molecular weight excluding hydrogens is 252 g/mol. The van der Waals surface area contributed by atoms with Crippen LogP contribution in [0.15, 0.2) is 22.7 Å². The molecule has 3 heteroatoms. The summed E-state index contributed by atoms with van der Waals surface area (Å²) in [4.78, 5) is 2.46. The summed E-state index contributed by atoms with van der Waals surface area (Å²) in [7, 11) is 0. The van der Waals surface area contributed by atoms with Crippen LogP contribution in [0, 0.1) is 0 Å². The van der Waals surface area contributed by atoms with Crippen LogP contribution in [0.2, 0.25) is 0 Å². The van der Waals surface area contributed by atoms with E-state index in [2.05, 4.69) is 58.2 Å². The zero-order chi connectivity index (χ0) is 10.8. The molecule has 15 heavy (non-hydrogen) atoms. The van der Waals surface area contributed by atoms with Gasteiger partial charge in [0, 0.05) is 35.8 Å². The molecule has 0 saturated heterocycles. The zero-order valence-corrected chi connectivity index (χ0v) is 10.8. The van der Waals surface area contributed by atoms with Crippen LogP contribution in [0.5, 0.6) is 0 Å². The van der Waals surface area contributed by atoms with Gasteiger partial charge in [-0.05, 0) is 37.6 Å². The van der Waals surface area contributed by atoms with Gasteiger partial charge >= 0.3 is 0 Å². The maximum atomic E-state index is 3.53. The fourth-order valence-electron chi connectivity index (χ4n) is 2.06. The Morgan fingerprint density at radius 1 is 1.40 bits per heavy atom. The van der Waals surface area contributed by atoms with E-state index in [0.717, 1.165) is 24.1 Å². The number of nitrogens with one attached hydrogen (secondary N) is 1. The van der Waals surface area contributed by atoms with Crippen LogP contribution in [0.3, 0.4) is 0 Å². The summed E-state index contributed by atoms with van der Waals surface area (Å²) in [5, 5.41) is 3.45. The van der Waals surface area contributed by atoms with Gasteiger partial charge in [0.15, 0.2) is 0 Å². The van der Waals surface area contributed by atoms with Gasteiger partial charge in [-0.2, -0.15) is 0 Å². The van der Waals surface area contributed by atoms with E-state index in [1.807, 2.05) is 0 Å². The van der Waals surface area contributed by atoms with Gasteiger partial charge in [-0.15, -0.1) is 0 Å². The van der Waals surface area contributed by atoms with Crippen LogP contribution in [-0.2, 0) is 6.54 Å². The lowest BCUT2D eigenvalue weighted by Crippen LogP contribution is -2.34. The number of halogens is 1. The van der Waals surface area contributed by atoms with E-state index in [9.17, 15) is 0 Å². The summed E-state index contributed by atoms with van der Waals surface area (Å²) in [5.41, 5.74) is 2.76. The second-order valence-corrected chi connectivity index (χ2v) is 5.15.